The van der Waals surface area contributed by atoms with Crippen LogP contribution in [0.3, 0.4) is 0 Å². The van der Waals surface area contributed by atoms with E-state index < -0.39 is 0 Å². The van der Waals surface area contributed by atoms with Crippen LogP contribution in [0.15, 0.2) is 52.9 Å². The topological polar surface area (TPSA) is 42.2 Å². The Morgan fingerprint density at radius 3 is 2.36 bits per heavy atom. The zero-order valence-electron chi connectivity index (χ0n) is 15.3. The van der Waals surface area contributed by atoms with E-state index in [0.717, 1.165) is 28.5 Å². The molecule has 1 atom stereocenters. The monoisotopic (exact) mass is 335 g/mol. The van der Waals surface area contributed by atoms with Crippen molar-refractivity contribution in [3.63, 3.8) is 0 Å². The summed E-state index contributed by atoms with van der Waals surface area (Å²) in [4.78, 5) is 12.6. The molecule has 1 aromatic heterocycles. The van der Waals surface area contributed by atoms with E-state index in [1.807, 2.05) is 38.1 Å². The van der Waals surface area contributed by atoms with Crippen LogP contribution in [0.2, 0.25) is 0 Å². The lowest BCUT2D eigenvalue weighted by molar-refractivity contribution is 0.0913. The number of hydrogen-bond acceptors (Lipinski definition) is 2. The van der Waals surface area contributed by atoms with Crippen molar-refractivity contribution in [2.24, 2.45) is 5.92 Å². The molecule has 0 aliphatic rings. The number of fused-ring (bicyclic) bond motifs is 1. The molecule has 25 heavy (non-hydrogen) atoms. The number of furan rings is 1. The fourth-order valence-electron chi connectivity index (χ4n) is 3.15. The molecule has 1 heterocycles. The van der Waals surface area contributed by atoms with Crippen LogP contribution in [0.25, 0.3) is 11.0 Å². The molecule has 0 fully saturated rings. The minimum absolute atomic E-state index is 0.0757. The average Bonchev–Trinajstić information content (AvgIpc) is 2.92. The highest BCUT2D eigenvalue weighted by molar-refractivity contribution is 5.99. The molecule has 0 saturated carbocycles. The summed E-state index contributed by atoms with van der Waals surface area (Å²) in [5.74, 6) is 0.857. The molecular formula is C22H25NO2. The van der Waals surface area contributed by atoms with Crippen molar-refractivity contribution in [2.75, 3.05) is 0 Å². The Morgan fingerprint density at radius 2 is 1.72 bits per heavy atom. The molecule has 2 aromatic carbocycles. The van der Waals surface area contributed by atoms with E-state index in [9.17, 15) is 4.79 Å². The Bertz CT molecular complexity index is 875. The Labute approximate surface area is 149 Å². The number of para-hydroxylation sites is 1. The van der Waals surface area contributed by atoms with E-state index in [0.29, 0.717) is 11.7 Å². The van der Waals surface area contributed by atoms with Gasteiger partial charge in [-0.2, -0.15) is 0 Å². The molecule has 0 aliphatic carbocycles. The van der Waals surface area contributed by atoms with Gasteiger partial charge in [0.1, 0.15) is 5.58 Å². The molecule has 3 nitrogen and oxygen atoms in total. The fourth-order valence-corrected chi connectivity index (χ4v) is 3.15. The molecule has 0 saturated heterocycles. The Morgan fingerprint density at radius 1 is 1.04 bits per heavy atom. The van der Waals surface area contributed by atoms with Crippen LogP contribution in [-0.4, -0.2) is 5.91 Å². The molecule has 3 aromatic rings. The molecule has 0 unspecified atom stereocenters. The van der Waals surface area contributed by atoms with E-state index in [1.165, 1.54) is 5.56 Å². The Balaban J connectivity index is 1.74. The highest BCUT2D eigenvalue weighted by Crippen LogP contribution is 2.25. The third kappa shape index (κ3) is 3.76. The van der Waals surface area contributed by atoms with Gasteiger partial charge in [-0.3, -0.25) is 4.79 Å². The van der Waals surface area contributed by atoms with Gasteiger partial charge in [0.2, 0.25) is 0 Å². The zero-order chi connectivity index (χ0) is 18.0. The molecule has 130 valence electrons. The minimum Gasteiger partial charge on any atom is -0.451 e. The summed E-state index contributed by atoms with van der Waals surface area (Å²) < 4.78 is 5.75. The lowest BCUT2D eigenvalue weighted by Gasteiger charge is -2.14. The van der Waals surface area contributed by atoms with Crippen LogP contribution in [0.1, 0.15) is 54.1 Å². The summed E-state index contributed by atoms with van der Waals surface area (Å²) in [5.41, 5.74) is 4.04. The molecule has 3 rings (SSSR count). The summed E-state index contributed by atoms with van der Waals surface area (Å²) in [6, 6.07) is 16.1. The van der Waals surface area contributed by atoms with E-state index in [-0.39, 0.29) is 11.9 Å². The number of benzene rings is 2. The van der Waals surface area contributed by atoms with Gasteiger partial charge in [-0.25, -0.2) is 0 Å². The van der Waals surface area contributed by atoms with Crippen LogP contribution in [0.4, 0.5) is 0 Å². The first-order chi connectivity index (χ1) is 12.0. The van der Waals surface area contributed by atoms with E-state index in [1.54, 1.807) is 0 Å². The summed E-state index contributed by atoms with van der Waals surface area (Å²) in [6.45, 7) is 8.35. The molecule has 0 aliphatic heterocycles. The molecule has 0 bridgehead atoms. The zero-order valence-corrected chi connectivity index (χ0v) is 15.3. The fraction of sp³-hybridized carbons (Fsp3) is 0.318. The first kappa shape index (κ1) is 17.3. The first-order valence-corrected chi connectivity index (χ1v) is 8.83. The van der Waals surface area contributed by atoms with Crippen LogP contribution >= 0.6 is 0 Å². The van der Waals surface area contributed by atoms with Gasteiger partial charge in [0, 0.05) is 10.9 Å². The highest BCUT2D eigenvalue weighted by atomic mass is 16.3. The van der Waals surface area contributed by atoms with Crippen LogP contribution in [-0.2, 0) is 6.42 Å². The van der Waals surface area contributed by atoms with Crippen molar-refractivity contribution >= 4 is 16.9 Å². The van der Waals surface area contributed by atoms with E-state index in [2.05, 4.69) is 43.4 Å². The molecule has 1 amide bonds. The predicted molar refractivity (Wildman–Crippen MR) is 102 cm³/mol. The second-order valence-corrected chi connectivity index (χ2v) is 7.09. The first-order valence-electron chi connectivity index (χ1n) is 8.83. The van der Waals surface area contributed by atoms with Gasteiger partial charge < -0.3 is 9.73 Å². The summed E-state index contributed by atoms with van der Waals surface area (Å²) in [7, 11) is 0. The van der Waals surface area contributed by atoms with E-state index >= 15 is 0 Å². The number of carbonyl (C=O) groups excluding carboxylic acids is 1. The van der Waals surface area contributed by atoms with Gasteiger partial charge in [0.05, 0.1) is 6.04 Å². The smallest absolute Gasteiger partial charge is 0.287 e. The SMILES string of the molecule is Cc1c(C(=O)N[C@@H](C)c2ccc(CC(C)C)cc2)oc2ccccc12. The summed E-state index contributed by atoms with van der Waals surface area (Å²) in [5, 5.41) is 4.03. The lowest BCUT2D eigenvalue weighted by atomic mass is 10.00. The van der Waals surface area contributed by atoms with Gasteiger partial charge in [-0.1, -0.05) is 56.3 Å². The van der Waals surface area contributed by atoms with Gasteiger partial charge in [0.15, 0.2) is 5.76 Å². The predicted octanol–water partition coefficient (Wildman–Crippen LogP) is 5.43. The second kappa shape index (κ2) is 7.14. The van der Waals surface area contributed by atoms with Crippen LogP contribution in [0, 0.1) is 12.8 Å². The third-order valence-electron chi connectivity index (χ3n) is 4.52. The number of hydrogen-bond donors (Lipinski definition) is 1. The number of amides is 1. The molecule has 0 spiro atoms. The largest absolute Gasteiger partial charge is 0.451 e. The third-order valence-corrected chi connectivity index (χ3v) is 4.52. The molecular weight excluding hydrogens is 310 g/mol. The maximum Gasteiger partial charge on any atom is 0.287 e. The van der Waals surface area contributed by atoms with Crippen molar-refractivity contribution < 1.29 is 9.21 Å². The quantitative estimate of drug-likeness (QED) is 0.675. The van der Waals surface area contributed by atoms with E-state index in [4.69, 9.17) is 4.42 Å². The minimum atomic E-state index is -0.174. The number of rotatable bonds is 5. The second-order valence-electron chi connectivity index (χ2n) is 7.09. The van der Waals surface area contributed by atoms with Crippen molar-refractivity contribution in [1.29, 1.82) is 0 Å². The van der Waals surface area contributed by atoms with Crippen molar-refractivity contribution in [1.82, 2.24) is 5.32 Å². The lowest BCUT2D eigenvalue weighted by Crippen LogP contribution is -2.26. The Hall–Kier alpha value is -2.55. The van der Waals surface area contributed by atoms with Gasteiger partial charge in [-0.15, -0.1) is 0 Å². The maximum absolute atomic E-state index is 12.6. The number of carbonyl (C=O) groups is 1. The van der Waals surface area contributed by atoms with Gasteiger partial charge in [0.25, 0.3) is 5.91 Å². The maximum atomic E-state index is 12.6. The van der Waals surface area contributed by atoms with Crippen molar-refractivity contribution in [3.05, 3.63) is 71.0 Å². The average molecular weight is 335 g/mol. The number of nitrogens with one attached hydrogen (secondary N) is 1. The highest BCUT2D eigenvalue weighted by Gasteiger charge is 2.19. The van der Waals surface area contributed by atoms with Crippen LogP contribution < -0.4 is 5.32 Å². The Kier molecular flexibility index (Phi) is 4.93. The molecule has 3 heteroatoms. The summed E-state index contributed by atoms with van der Waals surface area (Å²) >= 11 is 0. The van der Waals surface area contributed by atoms with Crippen LogP contribution in [0.5, 0.6) is 0 Å². The van der Waals surface area contributed by atoms with Crippen molar-refractivity contribution in [2.45, 2.75) is 40.2 Å². The summed E-state index contributed by atoms with van der Waals surface area (Å²) in [6.07, 6.45) is 1.07. The van der Waals surface area contributed by atoms with Gasteiger partial charge >= 0.3 is 0 Å². The molecule has 1 N–H and O–H groups in total. The number of aryl methyl sites for hydroxylation is 1. The normalized spacial score (nSPS) is 12.5. The standard InChI is InChI=1S/C22H25NO2/c1-14(2)13-17-9-11-18(12-10-17)16(4)23-22(24)21-15(3)19-7-5-6-8-20(19)25-21/h5-12,14,16H,13H2,1-4H3,(H,23,24)/t16-/m0/s1. The van der Waals surface area contributed by atoms with Crippen molar-refractivity contribution in [3.8, 4) is 0 Å². The molecule has 0 radical (unpaired) electrons. The van der Waals surface area contributed by atoms with Gasteiger partial charge in [-0.05, 0) is 43.4 Å².